The van der Waals surface area contributed by atoms with Crippen LogP contribution in [0.2, 0.25) is 0 Å². The van der Waals surface area contributed by atoms with Crippen LogP contribution in [0.15, 0.2) is 53.4 Å². The summed E-state index contributed by atoms with van der Waals surface area (Å²) >= 11 is 0. The smallest absolute Gasteiger partial charge is 0.407 e. The largest absolute Gasteiger partial charge is 0.484 e. The van der Waals surface area contributed by atoms with Gasteiger partial charge in [0.15, 0.2) is 6.61 Å². The summed E-state index contributed by atoms with van der Waals surface area (Å²) in [5.41, 5.74) is 0.779. The fraction of sp³-hybridized carbons (Fsp3) is 0.417. The first-order chi connectivity index (χ1) is 15.9. The molecule has 0 aromatic heterocycles. The van der Waals surface area contributed by atoms with Crippen molar-refractivity contribution >= 4 is 27.7 Å². The summed E-state index contributed by atoms with van der Waals surface area (Å²) < 4.78 is 38.1. The molecule has 0 saturated carbocycles. The predicted octanol–water partition coefficient (Wildman–Crippen LogP) is 3.63. The highest BCUT2D eigenvalue weighted by atomic mass is 32.2. The SMILES string of the molecule is CC(C)c1cccc(OCC(=O)Nc2cccc(S(=O)(=O)NCCNC(=O)OC(C)(C)C)c2)c1. The molecule has 0 aliphatic carbocycles. The van der Waals surface area contributed by atoms with Gasteiger partial charge in [0.25, 0.3) is 5.91 Å². The molecule has 0 unspecified atom stereocenters. The Labute approximate surface area is 201 Å². The normalized spacial score (nSPS) is 11.7. The zero-order valence-corrected chi connectivity index (χ0v) is 21.0. The van der Waals surface area contributed by atoms with Crippen molar-refractivity contribution in [3.8, 4) is 5.75 Å². The van der Waals surface area contributed by atoms with E-state index < -0.39 is 27.6 Å². The third-order valence-corrected chi connectivity index (χ3v) is 5.87. The lowest BCUT2D eigenvalue weighted by Crippen LogP contribution is -2.37. The Kier molecular flexibility index (Phi) is 9.46. The van der Waals surface area contributed by atoms with Gasteiger partial charge < -0.3 is 20.1 Å². The van der Waals surface area contributed by atoms with E-state index in [0.29, 0.717) is 17.4 Å². The van der Waals surface area contributed by atoms with Crippen molar-refractivity contribution in [3.63, 3.8) is 0 Å². The molecule has 0 bridgehead atoms. The third kappa shape index (κ3) is 9.40. The minimum atomic E-state index is -3.84. The van der Waals surface area contributed by atoms with Crippen molar-refractivity contribution in [1.82, 2.24) is 10.0 Å². The molecule has 9 nitrogen and oxygen atoms in total. The number of benzene rings is 2. The van der Waals surface area contributed by atoms with Gasteiger partial charge in [0.2, 0.25) is 10.0 Å². The molecule has 0 spiro atoms. The second-order valence-corrected chi connectivity index (χ2v) is 10.7. The third-order valence-electron chi connectivity index (χ3n) is 4.41. The van der Waals surface area contributed by atoms with Crippen LogP contribution in [-0.2, 0) is 19.6 Å². The fourth-order valence-corrected chi connectivity index (χ4v) is 3.88. The number of carbonyl (C=O) groups excluding carboxylic acids is 2. The number of nitrogens with one attached hydrogen (secondary N) is 3. The lowest BCUT2D eigenvalue weighted by atomic mass is 10.0. The van der Waals surface area contributed by atoms with E-state index in [1.54, 1.807) is 32.9 Å². The average Bonchev–Trinajstić information content (AvgIpc) is 2.74. The van der Waals surface area contributed by atoms with E-state index in [1.165, 1.54) is 18.2 Å². The van der Waals surface area contributed by atoms with Gasteiger partial charge >= 0.3 is 6.09 Å². The van der Waals surface area contributed by atoms with Crippen LogP contribution in [-0.4, -0.2) is 45.7 Å². The number of carbonyl (C=O) groups is 2. The monoisotopic (exact) mass is 491 g/mol. The van der Waals surface area contributed by atoms with Gasteiger partial charge in [0.05, 0.1) is 4.90 Å². The number of amides is 2. The number of ether oxygens (including phenoxy) is 2. The minimum Gasteiger partial charge on any atom is -0.484 e. The van der Waals surface area contributed by atoms with E-state index >= 15 is 0 Å². The van der Waals surface area contributed by atoms with Crippen LogP contribution in [0.5, 0.6) is 5.75 Å². The molecule has 10 heteroatoms. The second-order valence-electron chi connectivity index (χ2n) is 8.92. The highest BCUT2D eigenvalue weighted by molar-refractivity contribution is 7.89. The van der Waals surface area contributed by atoms with Crippen LogP contribution in [0.25, 0.3) is 0 Å². The Balaban J connectivity index is 1.87. The number of anilines is 1. The summed E-state index contributed by atoms with van der Waals surface area (Å²) in [6, 6.07) is 13.4. The molecule has 0 heterocycles. The van der Waals surface area contributed by atoms with Crippen molar-refractivity contribution in [1.29, 1.82) is 0 Å². The first-order valence-corrected chi connectivity index (χ1v) is 12.4. The summed E-state index contributed by atoms with van der Waals surface area (Å²) in [7, 11) is -3.84. The Bertz CT molecular complexity index is 1090. The summed E-state index contributed by atoms with van der Waals surface area (Å²) in [6.45, 7) is 9.15. The lowest BCUT2D eigenvalue weighted by Gasteiger charge is -2.19. The molecule has 2 aromatic rings. The quantitative estimate of drug-likeness (QED) is 0.436. The zero-order valence-electron chi connectivity index (χ0n) is 20.2. The predicted molar refractivity (Wildman–Crippen MR) is 131 cm³/mol. The maximum Gasteiger partial charge on any atom is 0.407 e. The Morgan fingerprint density at radius 2 is 1.71 bits per heavy atom. The zero-order chi connectivity index (χ0) is 25.4. The van der Waals surface area contributed by atoms with Crippen LogP contribution in [0, 0.1) is 0 Å². The van der Waals surface area contributed by atoms with Crippen LogP contribution < -0.4 is 20.1 Å². The van der Waals surface area contributed by atoms with E-state index in [1.807, 2.05) is 18.2 Å². The number of sulfonamides is 1. The van der Waals surface area contributed by atoms with Gasteiger partial charge in [-0.3, -0.25) is 4.79 Å². The first kappa shape index (κ1) is 27.1. The molecule has 34 heavy (non-hydrogen) atoms. The van der Waals surface area contributed by atoms with Gasteiger partial charge in [-0.2, -0.15) is 0 Å². The van der Waals surface area contributed by atoms with Crippen molar-refractivity contribution in [2.24, 2.45) is 0 Å². The van der Waals surface area contributed by atoms with E-state index in [4.69, 9.17) is 9.47 Å². The molecule has 0 aliphatic heterocycles. The van der Waals surface area contributed by atoms with E-state index in [9.17, 15) is 18.0 Å². The molecular weight excluding hydrogens is 458 g/mol. The van der Waals surface area contributed by atoms with Crippen molar-refractivity contribution in [2.75, 3.05) is 25.0 Å². The van der Waals surface area contributed by atoms with Crippen molar-refractivity contribution in [3.05, 3.63) is 54.1 Å². The average molecular weight is 492 g/mol. The Morgan fingerprint density at radius 3 is 2.38 bits per heavy atom. The standard InChI is InChI=1S/C24H33N3O6S/c1-17(2)18-8-6-10-20(14-18)32-16-22(28)27-19-9-7-11-21(15-19)34(30,31)26-13-12-25-23(29)33-24(3,4)5/h6-11,14-15,17,26H,12-13,16H2,1-5H3,(H,25,29)(H,27,28). The highest BCUT2D eigenvalue weighted by Gasteiger charge is 2.17. The molecule has 0 aliphatic rings. The molecule has 186 valence electrons. The van der Waals surface area contributed by atoms with Gasteiger partial charge in [-0.1, -0.05) is 32.0 Å². The van der Waals surface area contributed by atoms with E-state index in [-0.39, 0.29) is 24.6 Å². The van der Waals surface area contributed by atoms with Crippen LogP contribution in [0.3, 0.4) is 0 Å². The molecule has 2 amide bonds. The molecule has 3 N–H and O–H groups in total. The Hall–Kier alpha value is -3.11. The number of hydrogen-bond acceptors (Lipinski definition) is 6. The molecule has 0 atom stereocenters. The highest BCUT2D eigenvalue weighted by Crippen LogP contribution is 2.20. The summed E-state index contributed by atoms with van der Waals surface area (Å²) in [5.74, 6) is 0.504. The molecule has 0 radical (unpaired) electrons. The van der Waals surface area contributed by atoms with Crippen LogP contribution in [0.4, 0.5) is 10.5 Å². The molecule has 0 saturated heterocycles. The lowest BCUT2D eigenvalue weighted by molar-refractivity contribution is -0.118. The van der Waals surface area contributed by atoms with Crippen LogP contribution in [0.1, 0.15) is 46.1 Å². The minimum absolute atomic E-state index is 0.0203. The fourth-order valence-electron chi connectivity index (χ4n) is 2.80. The van der Waals surface area contributed by atoms with Crippen LogP contribution >= 0.6 is 0 Å². The topological polar surface area (TPSA) is 123 Å². The number of alkyl carbamates (subject to hydrolysis) is 1. The number of rotatable bonds is 10. The summed E-state index contributed by atoms with van der Waals surface area (Å²) in [4.78, 5) is 23.9. The van der Waals surface area contributed by atoms with E-state index in [2.05, 4.69) is 29.2 Å². The maximum absolute atomic E-state index is 12.5. The van der Waals surface area contributed by atoms with Gasteiger partial charge in [-0.05, 0) is 62.6 Å². The molecule has 2 rings (SSSR count). The molecule has 0 fully saturated rings. The maximum atomic E-state index is 12.5. The molecule has 2 aromatic carbocycles. The summed E-state index contributed by atoms with van der Waals surface area (Å²) in [6.07, 6.45) is -0.630. The van der Waals surface area contributed by atoms with Gasteiger partial charge in [0.1, 0.15) is 11.4 Å². The van der Waals surface area contributed by atoms with Gasteiger partial charge in [-0.15, -0.1) is 0 Å². The van der Waals surface area contributed by atoms with Crippen molar-refractivity contribution in [2.45, 2.75) is 51.0 Å². The van der Waals surface area contributed by atoms with Gasteiger partial charge in [0, 0.05) is 18.8 Å². The van der Waals surface area contributed by atoms with Crippen molar-refractivity contribution < 1.29 is 27.5 Å². The summed E-state index contributed by atoms with van der Waals surface area (Å²) in [5, 5.41) is 5.11. The first-order valence-electron chi connectivity index (χ1n) is 10.9. The molecular formula is C24H33N3O6S. The number of hydrogen-bond donors (Lipinski definition) is 3. The van der Waals surface area contributed by atoms with Gasteiger partial charge in [-0.25, -0.2) is 17.9 Å². The van der Waals surface area contributed by atoms with E-state index in [0.717, 1.165) is 5.56 Å². The Morgan fingerprint density at radius 1 is 1.00 bits per heavy atom. The second kappa shape index (κ2) is 11.8.